The molecular weight excluding hydrogens is 504 g/mol. The molecular formula is C42H80. The summed E-state index contributed by atoms with van der Waals surface area (Å²) in [6, 6.07) is 0. The van der Waals surface area contributed by atoms with Gasteiger partial charge in [0.1, 0.15) is 0 Å². The van der Waals surface area contributed by atoms with Gasteiger partial charge in [-0.3, -0.25) is 0 Å². The van der Waals surface area contributed by atoms with E-state index in [1.807, 2.05) is 20.8 Å². The molecule has 12 unspecified atom stereocenters. The van der Waals surface area contributed by atoms with E-state index in [-0.39, 0.29) is 0 Å². The molecule has 42 heavy (non-hydrogen) atoms. The number of rotatable bonds is 1. The normalized spacial score (nSPS) is 48.6. The summed E-state index contributed by atoms with van der Waals surface area (Å²) in [6.07, 6.45) is 16.6. The van der Waals surface area contributed by atoms with Gasteiger partial charge in [-0.25, -0.2) is 0 Å². The Hall–Kier alpha value is -0.260. The third-order valence-corrected chi connectivity index (χ3v) is 15.3. The van der Waals surface area contributed by atoms with E-state index in [0.717, 1.165) is 53.3 Å². The maximum Gasteiger partial charge on any atom is -0.0210 e. The molecule has 0 saturated heterocycles. The van der Waals surface area contributed by atoms with Crippen molar-refractivity contribution in [2.24, 2.45) is 80.3 Å². The average molecular weight is 585 g/mol. The molecule has 0 N–H and O–H groups in total. The third kappa shape index (κ3) is 6.12. The van der Waals surface area contributed by atoms with Crippen molar-refractivity contribution < 1.29 is 0 Å². The van der Waals surface area contributed by atoms with E-state index >= 15 is 0 Å². The van der Waals surface area contributed by atoms with E-state index in [4.69, 9.17) is 0 Å². The molecule has 0 heteroatoms. The lowest BCUT2D eigenvalue weighted by molar-refractivity contribution is -0.271. The van der Waals surface area contributed by atoms with Gasteiger partial charge in [0.05, 0.1) is 0 Å². The fraction of sp³-hybridized carbons (Fsp3) is 0.952. The average Bonchev–Trinajstić information content (AvgIpc) is 2.90. The number of fused-ring (bicyclic) bond motifs is 7. The van der Waals surface area contributed by atoms with E-state index in [1.54, 1.807) is 6.08 Å². The highest BCUT2D eigenvalue weighted by atomic mass is 14.8. The van der Waals surface area contributed by atoms with Crippen LogP contribution in [0.4, 0.5) is 0 Å². The summed E-state index contributed by atoms with van der Waals surface area (Å²) in [5.41, 5.74) is 2.72. The van der Waals surface area contributed by atoms with Crippen LogP contribution in [-0.2, 0) is 0 Å². The lowest BCUT2D eigenvalue weighted by Crippen LogP contribution is -2.69. The summed E-state index contributed by atoms with van der Waals surface area (Å²) in [5, 5.41) is 0. The van der Waals surface area contributed by atoms with Gasteiger partial charge in [-0.05, 0) is 145 Å². The summed E-state index contributed by atoms with van der Waals surface area (Å²) >= 11 is 0. The first-order valence-corrected chi connectivity index (χ1v) is 19.0. The minimum Gasteiger partial charge on any atom is -0.103 e. The van der Waals surface area contributed by atoms with E-state index < -0.39 is 0 Å². The number of hydrogen-bond acceptors (Lipinski definition) is 0. The molecule has 0 aromatic rings. The van der Waals surface area contributed by atoms with E-state index in [0.29, 0.717) is 27.1 Å². The van der Waals surface area contributed by atoms with Crippen molar-refractivity contribution in [3.8, 4) is 0 Å². The smallest absolute Gasteiger partial charge is 0.0210 e. The number of hydrogen-bond donors (Lipinski definition) is 0. The monoisotopic (exact) mass is 585 g/mol. The van der Waals surface area contributed by atoms with Crippen LogP contribution in [-0.4, -0.2) is 0 Å². The first-order valence-electron chi connectivity index (χ1n) is 19.0. The van der Waals surface area contributed by atoms with Gasteiger partial charge in [0.2, 0.25) is 0 Å². The molecule has 5 saturated carbocycles. The Morgan fingerprint density at radius 1 is 0.786 bits per heavy atom. The SMILES string of the molecule is C=CC.CC.CC(C)C.CCC1CCC2(C)C(CC(C)C3(C)C2CCC2C4C(C)C(C)CCC4(C)CCC23C)C1(C)C. The van der Waals surface area contributed by atoms with Gasteiger partial charge in [-0.2, -0.15) is 0 Å². The Labute approximate surface area is 267 Å². The van der Waals surface area contributed by atoms with Crippen LogP contribution < -0.4 is 0 Å². The summed E-state index contributed by atoms with van der Waals surface area (Å²) in [6.45, 7) is 42.7. The standard InChI is InChI=1S/C33H58.C4H10.C3H6.C2H6/c1-11-24-15-17-31(8)26-13-12-25-28-23(4)21(2)14-16-30(28,7)18-19-32(25,9)33(26,10)22(3)20-27(31)29(24,5)6;1-4(2)3;1-3-2;1-2/h21-28H,11-20H2,1-10H3;4H,1-3H3;3H,1H2,2H3;1-2H3. The molecule has 0 aromatic heterocycles. The highest BCUT2D eigenvalue weighted by molar-refractivity contribution is 5.19. The van der Waals surface area contributed by atoms with Crippen molar-refractivity contribution in [1.29, 1.82) is 0 Å². The summed E-state index contributed by atoms with van der Waals surface area (Å²) in [7, 11) is 0. The Kier molecular flexibility index (Phi) is 12.7. The Morgan fingerprint density at radius 2 is 1.33 bits per heavy atom. The van der Waals surface area contributed by atoms with Crippen LogP contribution in [0.5, 0.6) is 0 Å². The van der Waals surface area contributed by atoms with Gasteiger partial charge < -0.3 is 0 Å². The van der Waals surface area contributed by atoms with Crippen LogP contribution in [0.1, 0.15) is 175 Å². The highest BCUT2D eigenvalue weighted by Gasteiger charge is 2.71. The second-order valence-electron chi connectivity index (χ2n) is 18.3. The van der Waals surface area contributed by atoms with E-state index in [1.165, 1.54) is 64.2 Å². The zero-order valence-corrected chi connectivity index (χ0v) is 32.1. The molecule has 248 valence electrons. The zero-order valence-electron chi connectivity index (χ0n) is 32.1. The van der Waals surface area contributed by atoms with Gasteiger partial charge in [0.15, 0.2) is 0 Å². The molecule has 12 atom stereocenters. The van der Waals surface area contributed by atoms with Crippen molar-refractivity contribution in [3.05, 3.63) is 12.7 Å². The van der Waals surface area contributed by atoms with Gasteiger partial charge in [0.25, 0.3) is 0 Å². The van der Waals surface area contributed by atoms with Crippen LogP contribution in [0.3, 0.4) is 0 Å². The molecule has 0 heterocycles. The molecule has 5 aliphatic rings. The lowest BCUT2D eigenvalue weighted by atomic mass is 9.29. The van der Waals surface area contributed by atoms with Crippen LogP contribution in [0.2, 0.25) is 0 Å². The highest BCUT2D eigenvalue weighted by Crippen LogP contribution is 2.78. The van der Waals surface area contributed by atoms with Crippen molar-refractivity contribution in [2.45, 2.75) is 175 Å². The molecule has 5 aliphatic carbocycles. The predicted octanol–water partition coefficient (Wildman–Crippen LogP) is 13.9. The quantitative estimate of drug-likeness (QED) is 0.269. The topological polar surface area (TPSA) is 0 Å². The van der Waals surface area contributed by atoms with Crippen molar-refractivity contribution in [1.82, 2.24) is 0 Å². The van der Waals surface area contributed by atoms with E-state index in [2.05, 4.69) is 96.6 Å². The molecule has 0 radical (unpaired) electrons. The summed E-state index contributed by atoms with van der Waals surface area (Å²) in [4.78, 5) is 0. The second kappa shape index (κ2) is 14.0. The Morgan fingerprint density at radius 3 is 1.86 bits per heavy atom. The van der Waals surface area contributed by atoms with Crippen molar-refractivity contribution >= 4 is 0 Å². The molecule has 0 aliphatic heterocycles. The maximum atomic E-state index is 3.36. The van der Waals surface area contributed by atoms with E-state index in [9.17, 15) is 0 Å². The second-order valence-corrected chi connectivity index (χ2v) is 18.3. The fourth-order valence-corrected chi connectivity index (χ4v) is 12.9. The first kappa shape index (κ1) is 37.9. The predicted molar refractivity (Wildman–Crippen MR) is 191 cm³/mol. The Balaban J connectivity index is 0.000000612. The molecule has 0 nitrogen and oxygen atoms in total. The minimum absolute atomic E-state index is 0.507. The van der Waals surface area contributed by atoms with Crippen LogP contribution in [0.25, 0.3) is 0 Å². The largest absolute Gasteiger partial charge is 0.103 e. The lowest BCUT2D eigenvalue weighted by Gasteiger charge is -2.75. The van der Waals surface area contributed by atoms with Crippen LogP contribution >= 0.6 is 0 Å². The van der Waals surface area contributed by atoms with Gasteiger partial charge >= 0.3 is 0 Å². The molecule has 5 rings (SSSR count). The van der Waals surface area contributed by atoms with Crippen molar-refractivity contribution in [2.75, 3.05) is 0 Å². The summed E-state index contributed by atoms with van der Waals surface area (Å²) < 4.78 is 0. The summed E-state index contributed by atoms with van der Waals surface area (Å²) in [5.74, 6) is 8.22. The minimum atomic E-state index is 0.507. The van der Waals surface area contributed by atoms with Crippen molar-refractivity contribution in [3.63, 3.8) is 0 Å². The molecule has 0 bridgehead atoms. The zero-order chi connectivity index (χ0) is 32.5. The first-order chi connectivity index (χ1) is 19.4. The third-order valence-electron chi connectivity index (χ3n) is 15.3. The molecule has 0 spiro atoms. The van der Waals surface area contributed by atoms with Gasteiger partial charge in [-0.15, -0.1) is 6.58 Å². The fourth-order valence-electron chi connectivity index (χ4n) is 12.9. The van der Waals surface area contributed by atoms with Gasteiger partial charge in [-0.1, -0.05) is 116 Å². The molecule has 0 aromatic carbocycles. The molecule has 5 fully saturated rings. The van der Waals surface area contributed by atoms with Gasteiger partial charge in [0, 0.05) is 0 Å². The van der Waals surface area contributed by atoms with Crippen LogP contribution in [0, 0.1) is 80.3 Å². The molecule has 0 amide bonds. The Bertz CT molecular complexity index is 847. The van der Waals surface area contributed by atoms with Crippen LogP contribution in [0.15, 0.2) is 12.7 Å². The maximum absolute atomic E-state index is 3.36. The number of allylic oxidation sites excluding steroid dienone is 1.